The Balaban J connectivity index is 1.92. The lowest BCUT2D eigenvalue weighted by Gasteiger charge is -2.12. The monoisotopic (exact) mass is 387 g/mol. The van der Waals surface area contributed by atoms with Gasteiger partial charge < -0.3 is 15.8 Å². The second-order valence-electron chi connectivity index (χ2n) is 6.25. The summed E-state index contributed by atoms with van der Waals surface area (Å²) in [6.07, 6.45) is 6.27. The number of amides is 1. The Labute approximate surface area is 169 Å². The van der Waals surface area contributed by atoms with Crippen molar-refractivity contribution >= 4 is 23.6 Å². The summed E-state index contributed by atoms with van der Waals surface area (Å²) in [6.45, 7) is 0.337. The Morgan fingerprint density at radius 1 is 1.10 bits per heavy atom. The van der Waals surface area contributed by atoms with Crippen LogP contribution in [-0.2, 0) is 16.1 Å². The van der Waals surface area contributed by atoms with E-state index in [4.69, 9.17) is 5.73 Å². The predicted molar refractivity (Wildman–Crippen MR) is 113 cm³/mol. The Morgan fingerprint density at radius 3 is 2.62 bits per heavy atom. The minimum atomic E-state index is -0.423. The third-order valence-electron chi connectivity index (χ3n) is 4.34. The standard InChI is InChI=1S/C23H21N3O3/c1-29-22(27)8-5-16-3-2-4-17(13-16)21-14-18(6-7-19(21)15-24)23(28)26-20-9-11-25-12-10-20/h2-14H,15,24H2,1H3,(H,25,26,28). The highest BCUT2D eigenvalue weighted by Gasteiger charge is 2.11. The fraction of sp³-hybridized carbons (Fsp3) is 0.0870. The molecule has 0 radical (unpaired) electrons. The van der Waals surface area contributed by atoms with Gasteiger partial charge >= 0.3 is 5.97 Å². The first-order valence-corrected chi connectivity index (χ1v) is 9.01. The van der Waals surface area contributed by atoms with E-state index in [-0.39, 0.29) is 5.91 Å². The summed E-state index contributed by atoms with van der Waals surface area (Å²) in [6, 6.07) is 16.5. The number of rotatable bonds is 6. The molecule has 3 aromatic rings. The van der Waals surface area contributed by atoms with Gasteiger partial charge in [0, 0.05) is 36.3 Å². The Hall–Kier alpha value is -3.77. The van der Waals surface area contributed by atoms with Crippen LogP contribution in [0.2, 0.25) is 0 Å². The van der Waals surface area contributed by atoms with Gasteiger partial charge in [-0.2, -0.15) is 0 Å². The average molecular weight is 387 g/mol. The number of anilines is 1. The van der Waals surface area contributed by atoms with Gasteiger partial charge in [0.2, 0.25) is 0 Å². The molecule has 146 valence electrons. The minimum Gasteiger partial charge on any atom is -0.466 e. The molecule has 0 bridgehead atoms. The molecule has 3 rings (SSSR count). The Kier molecular flexibility index (Phi) is 6.50. The van der Waals surface area contributed by atoms with Crippen LogP contribution in [0, 0.1) is 0 Å². The van der Waals surface area contributed by atoms with Crippen LogP contribution in [-0.4, -0.2) is 24.0 Å². The van der Waals surface area contributed by atoms with Crippen molar-refractivity contribution in [2.24, 2.45) is 5.73 Å². The van der Waals surface area contributed by atoms with Gasteiger partial charge in [-0.15, -0.1) is 0 Å². The molecule has 1 aromatic heterocycles. The van der Waals surface area contributed by atoms with E-state index >= 15 is 0 Å². The summed E-state index contributed by atoms with van der Waals surface area (Å²) >= 11 is 0. The fourth-order valence-corrected chi connectivity index (χ4v) is 2.85. The number of pyridine rings is 1. The van der Waals surface area contributed by atoms with Crippen molar-refractivity contribution in [1.29, 1.82) is 0 Å². The molecule has 0 aliphatic heterocycles. The van der Waals surface area contributed by atoms with Crippen molar-refractivity contribution in [3.05, 3.63) is 89.8 Å². The number of ether oxygens (including phenoxy) is 1. The normalized spacial score (nSPS) is 10.7. The topological polar surface area (TPSA) is 94.3 Å². The SMILES string of the molecule is COC(=O)C=Cc1cccc(-c2cc(C(=O)Nc3ccncc3)ccc2CN)c1. The van der Waals surface area contributed by atoms with Gasteiger partial charge in [0.15, 0.2) is 0 Å². The zero-order valence-corrected chi connectivity index (χ0v) is 16.0. The van der Waals surface area contributed by atoms with Crippen LogP contribution in [0.1, 0.15) is 21.5 Å². The average Bonchev–Trinajstić information content (AvgIpc) is 2.77. The van der Waals surface area contributed by atoms with Gasteiger partial charge in [-0.1, -0.05) is 24.3 Å². The first-order valence-electron chi connectivity index (χ1n) is 9.01. The summed E-state index contributed by atoms with van der Waals surface area (Å²) in [5, 5.41) is 2.85. The summed E-state index contributed by atoms with van der Waals surface area (Å²) in [4.78, 5) is 27.9. The molecule has 6 heteroatoms. The third kappa shape index (κ3) is 5.15. The Bertz CT molecular complexity index is 1050. The highest BCUT2D eigenvalue weighted by atomic mass is 16.5. The van der Waals surface area contributed by atoms with E-state index in [2.05, 4.69) is 15.0 Å². The molecule has 6 nitrogen and oxygen atoms in total. The van der Waals surface area contributed by atoms with E-state index in [1.54, 1.807) is 36.7 Å². The van der Waals surface area contributed by atoms with Crippen LogP contribution >= 0.6 is 0 Å². The van der Waals surface area contributed by atoms with E-state index in [1.165, 1.54) is 13.2 Å². The van der Waals surface area contributed by atoms with E-state index in [1.807, 2.05) is 36.4 Å². The fourth-order valence-electron chi connectivity index (χ4n) is 2.85. The summed E-state index contributed by atoms with van der Waals surface area (Å²) in [5.74, 6) is -0.643. The van der Waals surface area contributed by atoms with Crippen molar-refractivity contribution in [3.8, 4) is 11.1 Å². The number of benzene rings is 2. The maximum atomic E-state index is 12.6. The number of hydrogen-bond acceptors (Lipinski definition) is 5. The van der Waals surface area contributed by atoms with Crippen LogP contribution in [0.4, 0.5) is 5.69 Å². The molecule has 0 saturated carbocycles. The van der Waals surface area contributed by atoms with E-state index in [0.717, 1.165) is 22.3 Å². The summed E-state index contributed by atoms with van der Waals surface area (Å²) in [7, 11) is 1.33. The van der Waals surface area contributed by atoms with E-state index in [9.17, 15) is 9.59 Å². The van der Waals surface area contributed by atoms with Crippen molar-refractivity contribution in [2.75, 3.05) is 12.4 Å². The number of carbonyl (C=O) groups is 2. The largest absolute Gasteiger partial charge is 0.466 e. The predicted octanol–water partition coefficient (Wildman–Crippen LogP) is 3.65. The number of nitrogens with one attached hydrogen (secondary N) is 1. The molecule has 29 heavy (non-hydrogen) atoms. The highest BCUT2D eigenvalue weighted by molar-refractivity contribution is 6.05. The van der Waals surface area contributed by atoms with Gasteiger partial charge in [-0.3, -0.25) is 9.78 Å². The quantitative estimate of drug-likeness (QED) is 0.497. The first kappa shape index (κ1) is 20.0. The lowest BCUT2D eigenvalue weighted by molar-refractivity contribution is -0.134. The van der Waals surface area contributed by atoms with Crippen LogP contribution in [0.15, 0.2) is 73.1 Å². The van der Waals surface area contributed by atoms with Gasteiger partial charge in [0.1, 0.15) is 0 Å². The van der Waals surface area contributed by atoms with Crippen LogP contribution in [0.5, 0.6) is 0 Å². The molecule has 0 unspecified atom stereocenters. The zero-order valence-electron chi connectivity index (χ0n) is 16.0. The summed E-state index contributed by atoms with van der Waals surface area (Å²) in [5.41, 5.74) is 10.6. The molecule has 2 aromatic carbocycles. The van der Waals surface area contributed by atoms with Crippen molar-refractivity contribution in [1.82, 2.24) is 4.98 Å². The molecule has 1 heterocycles. The van der Waals surface area contributed by atoms with Crippen LogP contribution in [0.3, 0.4) is 0 Å². The van der Waals surface area contributed by atoms with Gasteiger partial charge in [0.05, 0.1) is 7.11 Å². The highest BCUT2D eigenvalue weighted by Crippen LogP contribution is 2.27. The van der Waals surface area contributed by atoms with Crippen LogP contribution < -0.4 is 11.1 Å². The second-order valence-corrected chi connectivity index (χ2v) is 6.25. The number of esters is 1. The molecular weight excluding hydrogens is 366 g/mol. The summed E-state index contributed by atoms with van der Waals surface area (Å²) < 4.78 is 4.62. The van der Waals surface area contributed by atoms with Gasteiger partial charge in [-0.05, 0) is 58.7 Å². The Morgan fingerprint density at radius 2 is 1.90 bits per heavy atom. The number of hydrogen-bond donors (Lipinski definition) is 2. The number of aromatic nitrogens is 1. The smallest absolute Gasteiger partial charge is 0.330 e. The zero-order chi connectivity index (χ0) is 20.6. The molecule has 0 aliphatic carbocycles. The van der Waals surface area contributed by atoms with Gasteiger partial charge in [-0.25, -0.2) is 4.79 Å². The van der Waals surface area contributed by atoms with Crippen molar-refractivity contribution in [2.45, 2.75) is 6.54 Å². The van der Waals surface area contributed by atoms with Gasteiger partial charge in [0.25, 0.3) is 5.91 Å². The first-order chi connectivity index (χ1) is 14.1. The number of methoxy groups -OCH3 is 1. The number of nitrogens with zero attached hydrogens (tertiary/aromatic N) is 1. The lowest BCUT2D eigenvalue weighted by atomic mass is 9.95. The second kappa shape index (κ2) is 9.43. The van der Waals surface area contributed by atoms with Crippen molar-refractivity contribution < 1.29 is 14.3 Å². The molecule has 0 fully saturated rings. The maximum Gasteiger partial charge on any atom is 0.330 e. The molecule has 1 amide bonds. The van der Waals surface area contributed by atoms with Crippen LogP contribution in [0.25, 0.3) is 17.2 Å². The lowest BCUT2D eigenvalue weighted by Crippen LogP contribution is -2.12. The van der Waals surface area contributed by atoms with E-state index in [0.29, 0.717) is 17.8 Å². The molecule has 0 atom stereocenters. The molecule has 3 N–H and O–H groups in total. The van der Waals surface area contributed by atoms with Crippen molar-refractivity contribution in [3.63, 3.8) is 0 Å². The minimum absolute atomic E-state index is 0.220. The molecular formula is C23H21N3O3. The van der Waals surface area contributed by atoms with E-state index < -0.39 is 5.97 Å². The number of nitrogens with two attached hydrogens (primary N) is 1. The molecule has 0 saturated heterocycles. The molecule has 0 spiro atoms. The molecule has 0 aliphatic rings. The third-order valence-corrected chi connectivity index (χ3v) is 4.34. The maximum absolute atomic E-state index is 12.6. The number of carbonyl (C=O) groups excluding carboxylic acids is 2.